The maximum Gasteiger partial charge on any atom is 0.306 e. The summed E-state index contributed by atoms with van der Waals surface area (Å²) in [6.45, 7) is 6.48. The van der Waals surface area contributed by atoms with Crippen molar-refractivity contribution in [3.8, 4) is 0 Å². The average Bonchev–Trinajstić information content (AvgIpc) is 3.24. The van der Waals surface area contributed by atoms with Crippen LogP contribution in [0.4, 0.5) is 0 Å². The van der Waals surface area contributed by atoms with Crippen molar-refractivity contribution < 1.29 is 28.6 Å². The van der Waals surface area contributed by atoms with Gasteiger partial charge < -0.3 is 14.2 Å². The summed E-state index contributed by atoms with van der Waals surface area (Å²) in [6, 6.07) is 0. The van der Waals surface area contributed by atoms with E-state index in [1.54, 1.807) is 0 Å². The van der Waals surface area contributed by atoms with Crippen molar-refractivity contribution >= 4 is 17.9 Å². The van der Waals surface area contributed by atoms with Crippen molar-refractivity contribution in [2.24, 2.45) is 0 Å². The topological polar surface area (TPSA) is 78.9 Å². The molecule has 0 aromatic rings. The van der Waals surface area contributed by atoms with Crippen LogP contribution in [0.3, 0.4) is 0 Å². The van der Waals surface area contributed by atoms with Gasteiger partial charge in [0.2, 0.25) is 0 Å². The van der Waals surface area contributed by atoms with E-state index in [0.717, 1.165) is 103 Å². The van der Waals surface area contributed by atoms with Gasteiger partial charge in [-0.25, -0.2) is 0 Å². The number of hydrogen-bond acceptors (Lipinski definition) is 6. The molecular formula is C54H94O6. The number of carbonyl (C=O) groups excluding carboxylic acids is 3. The first-order valence-corrected chi connectivity index (χ1v) is 25.3. The van der Waals surface area contributed by atoms with E-state index >= 15 is 0 Å². The largest absolute Gasteiger partial charge is 0.462 e. The molecule has 1 unspecified atom stereocenters. The third kappa shape index (κ3) is 46.2. The van der Waals surface area contributed by atoms with Crippen LogP contribution in [-0.4, -0.2) is 37.2 Å². The molecule has 0 aliphatic heterocycles. The number of esters is 3. The first-order valence-electron chi connectivity index (χ1n) is 25.3. The van der Waals surface area contributed by atoms with E-state index in [2.05, 4.69) is 81.5 Å². The van der Waals surface area contributed by atoms with Gasteiger partial charge in [0.1, 0.15) is 13.2 Å². The fourth-order valence-corrected chi connectivity index (χ4v) is 6.96. The minimum Gasteiger partial charge on any atom is -0.462 e. The summed E-state index contributed by atoms with van der Waals surface area (Å²) in [5.41, 5.74) is 0. The molecule has 0 rings (SSSR count). The molecule has 0 heterocycles. The van der Waals surface area contributed by atoms with Crippen molar-refractivity contribution in [3.05, 3.63) is 60.8 Å². The summed E-state index contributed by atoms with van der Waals surface area (Å²) in [6.07, 6.45) is 59.1. The van der Waals surface area contributed by atoms with Gasteiger partial charge in [-0.2, -0.15) is 0 Å². The van der Waals surface area contributed by atoms with Gasteiger partial charge in [0.15, 0.2) is 6.10 Å². The van der Waals surface area contributed by atoms with Crippen molar-refractivity contribution in [3.63, 3.8) is 0 Å². The molecule has 0 amide bonds. The molecule has 0 aromatic carbocycles. The Bertz CT molecular complexity index is 1100. The van der Waals surface area contributed by atoms with E-state index < -0.39 is 6.10 Å². The van der Waals surface area contributed by atoms with E-state index in [0.29, 0.717) is 19.3 Å². The van der Waals surface area contributed by atoms with Crippen molar-refractivity contribution in [1.29, 1.82) is 0 Å². The molecule has 346 valence electrons. The second-order valence-electron chi connectivity index (χ2n) is 16.7. The van der Waals surface area contributed by atoms with Crippen LogP contribution in [0, 0.1) is 0 Å². The summed E-state index contributed by atoms with van der Waals surface area (Å²) in [5, 5.41) is 0. The number of carbonyl (C=O) groups is 3. The van der Waals surface area contributed by atoms with E-state index in [1.807, 2.05) is 0 Å². The monoisotopic (exact) mass is 839 g/mol. The lowest BCUT2D eigenvalue weighted by atomic mass is 10.1. The van der Waals surface area contributed by atoms with Gasteiger partial charge in [0.25, 0.3) is 0 Å². The second kappa shape index (κ2) is 48.8. The van der Waals surface area contributed by atoms with Crippen molar-refractivity contribution in [2.45, 2.75) is 252 Å². The molecule has 0 saturated carbocycles. The Morgan fingerprint density at radius 2 is 0.650 bits per heavy atom. The quantitative estimate of drug-likeness (QED) is 0.0263. The van der Waals surface area contributed by atoms with Gasteiger partial charge in [0, 0.05) is 19.3 Å². The third-order valence-electron chi connectivity index (χ3n) is 10.8. The fraction of sp³-hybridized carbons (Fsp3) is 0.759. The van der Waals surface area contributed by atoms with E-state index in [-0.39, 0.29) is 31.1 Å². The Morgan fingerprint density at radius 3 is 1.07 bits per heavy atom. The van der Waals surface area contributed by atoms with Crippen LogP contribution in [0.2, 0.25) is 0 Å². The first kappa shape index (κ1) is 57.1. The molecule has 0 aliphatic rings. The van der Waals surface area contributed by atoms with Gasteiger partial charge in [-0.05, 0) is 83.5 Å². The van der Waals surface area contributed by atoms with Crippen LogP contribution in [0.5, 0.6) is 0 Å². The summed E-state index contributed by atoms with van der Waals surface area (Å²) >= 11 is 0. The molecule has 0 aliphatic carbocycles. The zero-order valence-corrected chi connectivity index (χ0v) is 39.5. The maximum atomic E-state index is 12.7. The Hall–Kier alpha value is -2.89. The summed E-state index contributed by atoms with van der Waals surface area (Å²) < 4.78 is 16.8. The van der Waals surface area contributed by atoms with Gasteiger partial charge in [-0.15, -0.1) is 0 Å². The van der Waals surface area contributed by atoms with E-state index in [1.165, 1.54) is 103 Å². The van der Waals surface area contributed by atoms with Gasteiger partial charge in [-0.1, -0.05) is 204 Å². The van der Waals surface area contributed by atoms with Crippen LogP contribution in [0.15, 0.2) is 60.8 Å². The number of unbranched alkanes of at least 4 members (excludes halogenated alkanes) is 24. The molecule has 6 heteroatoms. The molecule has 0 fully saturated rings. The Balaban J connectivity index is 4.36. The van der Waals surface area contributed by atoms with Crippen molar-refractivity contribution in [1.82, 2.24) is 0 Å². The highest BCUT2D eigenvalue weighted by molar-refractivity contribution is 5.71. The number of hydrogen-bond donors (Lipinski definition) is 0. The van der Waals surface area contributed by atoms with Crippen molar-refractivity contribution in [2.75, 3.05) is 13.2 Å². The average molecular weight is 839 g/mol. The molecule has 0 N–H and O–H groups in total. The molecule has 0 saturated heterocycles. The highest BCUT2D eigenvalue weighted by Gasteiger charge is 2.19. The Morgan fingerprint density at radius 1 is 0.350 bits per heavy atom. The van der Waals surface area contributed by atoms with Crippen LogP contribution in [0.1, 0.15) is 245 Å². The zero-order valence-electron chi connectivity index (χ0n) is 39.5. The predicted octanol–water partition coefficient (Wildman–Crippen LogP) is 16.5. The molecule has 0 aromatic heterocycles. The summed E-state index contributed by atoms with van der Waals surface area (Å²) in [4.78, 5) is 37.9. The number of rotatable bonds is 45. The van der Waals surface area contributed by atoms with Crippen LogP contribution in [-0.2, 0) is 28.6 Å². The molecule has 6 nitrogen and oxygen atoms in total. The molecular weight excluding hydrogens is 745 g/mol. The lowest BCUT2D eigenvalue weighted by Gasteiger charge is -2.18. The zero-order chi connectivity index (χ0) is 43.7. The molecule has 60 heavy (non-hydrogen) atoms. The number of allylic oxidation sites excluding steroid dienone is 10. The third-order valence-corrected chi connectivity index (χ3v) is 10.8. The highest BCUT2D eigenvalue weighted by atomic mass is 16.6. The first-order chi connectivity index (χ1) is 29.5. The Labute approximate surface area is 370 Å². The number of ether oxygens (including phenoxy) is 3. The lowest BCUT2D eigenvalue weighted by molar-refractivity contribution is -0.167. The van der Waals surface area contributed by atoms with Crippen LogP contribution < -0.4 is 0 Å². The second-order valence-corrected chi connectivity index (χ2v) is 16.7. The molecule has 0 bridgehead atoms. The summed E-state index contributed by atoms with van der Waals surface area (Å²) in [7, 11) is 0. The van der Waals surface area contributed by atoms with Gasteiger partial charge >= 0.3 is 17.9 Å². The minimum absolute atomic E-state index is 0.0806. The van der Waals surface area contributed by atoms with E-state index in [9.17, 15) is 14.4 Å². The molecule has 0 radical (unpaired) electrons. The van der Waals surface area contributed by atoms with E-state index in [4.69, 9.17) is 14.2 Å². The maximum absolute atomic E-state index is 12.7. The predicted molar refractivity (Wildman–Crippen MR) is 256 cm³/mol. The summed E-state index contributed by atoms with van der Waals surface area (Å²) in [5.74, 6) is -0.902. The standard InChI is InChI=1S/C54H94O6/c1-4-7-10-13-16-19-22-24-25-26-27-28-29-30-33-35-38-41-44-47-53(56)59-50-51(49-58-52(55)46-43-40-37-34-31-21-18-15-12-9-6-3)60-54(57)48-45-42-39-36-32-23-20-17-14-11-8-5-2/h7,10,16-17,19-20,24-25,27-28,51H,4-6,8-9,11-15,18,21-23,26,29-50H2,1-3H3/b10-7-,19-16-,20-17-,25-24-,28-27-. The lowest BCUT2D eigenvalue weighted by Crippen LogP contribution is -2.30. The molecule has 1 atom stereocenters. The van der Waals surface area contributed by atoms with Gasteiger partial charge in [-0.3, -0.25) is 14.4 Å². The normalized spacial score (nSPS) is 12.5. The van der Waals surface area contributed by atoms with Crippen LogP contribution >= 0.6 is 0 Å². The van der Waals surface area contributed by atoms with Crippen LogP contribution in [0.25, 0.3) is 0 Å². The fourth-order valence-electron chi connectivity index (χ4n) is 6.96. The molecule has 0 spiro atoms. The SMILES string of the molecule is CC/C=C\C/C=C\C/C=C\C/C=C\CCCCCCCCC(=O)OCC(COC(=O)CCCCCCCCCCCCC)OC(=O)CCCCCCC/C=C\CCCCC. The van der Waals surface area contributed by atoms with Gasteiger partial charge in [0.05, 0.1) is 0 Å². The smallest absolute Gasteiger partial charge is 0.306 e. The minimum atomic E-state index is -0.781. The highest BCUT2D eigenvalue weighted by Crippen LogP contribution is 2.14. The Kier molecular flexibility index (Phi) is 46.4.